The van der Waals surface area contributed by atoms with Gasteiger partial charge in [0.05, 0.1) is 5.56 Å². The number of benzene rings is 2. The van der Waals surface area contributed by atoms with Gasteiger partial charge in [-0.25, -0.2) is 4.39 Å². The average molecular weight is 343 g/mol. The van der Waals surface area contributed by atoms with Crippen molar-refractivity contribution in [2.75, 3.05) is 12.1 Å². The van der Waals surface area contributed by atoms with Crippen LogP contribution in [0.25, 0.3) is 10.6 Å². The number of amides is 1. The molecule has 0 radical (unpaired) electrons. The van der Waals surface area contributed by atoms with Crippen molar-refractivity contribution < 1.29 is 18.7 Å². The van der Waals surface area contributed by atoms with Crippen molar-refractivity contribution in [2.24, 2.45) is 0 Å². The fourth-order valence-corrected chi connectivity index (χ4v) is 2.96. The lowest BCUT2D eigenvalue weighted by Crippen LogP contribution is -2.13. The molecule has 1 aliphatic heterocycles. The van der Waals surface area contributed by atoms with E-state index in [2.05, 4.69) is 15.5 Å². The van der Waals surface area contributed by atoms with Crippen LogP contribution in [0.4, 0.5) is 9.52 Å². The SMILES string of the molecule is O=C(Nc1nnc(-c2ccc3c(c2)OCO3)s1)c1ccccc1F. The highest BCUT2D eigenvalue weighted by molar-refractivity contribution is 7.18. The molecule has 1 amide bonds. The Labute approximate surface area is 139 Å². The molecule has 0 saturated heterocycles. The molecule has 1 aromatic heterocycles. The van der Waals surface area contributed by atoms with Crippen molar-refractivity contribution in [3.63, 3.8) is 0 Å². The van der Waals surface area contributed by atoms with Crippen molar-refractivity contribution >= 4 is 22.4 Å². The highest BCUT2D eigenvalue weighted by Gasteiger charge is 2.17. The summed E-state index contributed by atoms with van der Waals surface area (Å²) in [5.41, 5.74) is 0.750. The summed E-state index contributed by atoms with van der Waals surface area (Å²) in [6.07, 6.45) is 0. The Balaban J connectivity index is 1.55. The fraction of sp³-hybridized carbons (Fsp3) is 0.0625. The van der Waals surface area contributed by atoms with Gasteiger partial charge in [-0.2, -0.15) is 0 Å². The zero-order valence-electron chi connectivity index (χ0n) is 12.2. The van der Waals surface area contributed by atoms with E-state index in [1.165, 1.54) is 29.5 Å². The molecule has 6 nitrogen and oxygen atoms in total. The van der Waals surface area contributed by atoms with Crippen LogP contribution in [-0.4, -0.2) is 22.9 Å². The summed E-state index contributed by atoms with van der Waals surface area (Å²) in [5, 5.41) is 11.4. The van der Waals surface area contributed by atoms with Gasteiger partial charge in [-0.1, -0.05) is 23.5 Å². The number of rotatable bonds is 3. The maximum absolute atomic E-state index is 13.6. The van der Waals surface area contributed by atoms with E-state index in [0.717, 1.165) is 5.56 Å². The summed E-state index contributed by atoms with van der Waals surface area (Å²) in [4.78, 5) is 12.1. The largest absolute Gasteiger partial charge is 0.454 e. The number of aromatic nitrogens is 2. The number of nitrogens with zero attached hydrogens (tertiary/aromatic N) is 2. The van der Waals surface area contributed by atoms with Gasteiger partial charge < -0.3 is 9.47 Å². The first-order valence-corrected chi connectivity index (χ1v) is 7.82. The Hall–Kier alpha value is -3.00. The Kier molecular flexibility index (Phi) is 3.58. The van der Waals surface area contributed by atoms with Crippen molar-refractivity contribution in [2.45, 2.75) is 0 Å². The van der Waals surface area contributed by atoms with Gasteiger partial charge in [-0.05, 0) is 30.3 Å². The minimum atomic E-state index is -0.587. The first-order chi connectivity index (χ1) is 11.7. The van der Waals surface area contributed by atoms with Crippen LogP contribution in [0.1, 0.15) is 10.4 Å². The molecule has 2 aromatic carbocycles. The minimum Gasteiger partial charge on any atom is -0.454 e. The maximum Gasteiger partial charge on any atom is 0.260 e. The third kappa shape index (κ3) is 2.67. The predicted octanol–water partition coefficient (Wildman–Crippen LogP) is 3.33. The normalized spacial score (nSPS) is 12.2. The average Bonchev–Trinajstić information content (AvgIpc) is 3.23. The number of ether oxygens (including phenoxy) is 2. The summed E-state index contributed by atoms with van der Waals surface area (Å²) in [6, 6.07) is 11.2. The topological polar surface area (TPSA) is 73.3 Å². The van der Waals surface area contributed by atoms with E-state index in [1.54, 1.807) is 18.2 Å². The van der Waals surface area contributed by atoms with Gasteiger partial charge in [0, 0.05) is 5.56 Å². The molecule has 4 rings (SSSR count). The van der Waals surface area contributed by atoms with Crippen LogP contribution >= 0.6 is 11.3 Å². The molecule has 1 N–H and O–H groups in total. The van der Waals surface area contributed by atoms with Crippen molar-refractivity contribution in [3.8, 4) is 22.1 Å². The second kappa shape index (κ2) is 5.89. The zero-order valence-corrected chi connectivity index (χ0v) is 13.0. The van der Waals surface area contributed by atoms with Crippen LogP contribution in [0.5, 0.6) is 11.5 Å². The predicted molar refractivity (Wildman–Crippen MR) is 85.8 cm³/mol. The van der Waals surface area contributed by atoms with Gasteiger partial charge in [-0.3, -0.25) is 10.1 Å². The summed E-state index contributed by atoms with van der Waals surface area (Å²) >= 11 is 1.19. The number of fused-ring (bicyclic) bond motifs is 1. The molecule has 0 bridgehead atoms. The molecule has 120 valence electrons. The molecule has 0 aliphatic carbocycles. The first kappa shape index (κ1) is 14.6. The molecule has 3 aromatic rings. The van der Waals surface area contributed by atoms with Crippen molar-refractivity contribution in [3.05, 3.63) is 53.8 Å². The van der Waals surface area contributed by atoms with Crippen LogP contribution in [0.15, 0.2) is 42.5 Å². The van der Waals surface area contributed by atoms with E-state index in [1.807, 2.05) is 6.07 Å². The smallest absolute Gasteiger partial charge is 0.260 e. The number of anilines is 1. The Bertz CT molecular complexity index is 928. The number of carbonyl (C=O) groups excluding carboxylic acids is 1. The highest BCUT2D eigenvalue weighted by Crippen LogP contribution is 2.37. The van der Waals surface area contributed by atoms with Crippen LogP contribution in [-0.2, 0) is 0 Å². The molecule has 0 fully saturated rings. The number of halogens is 1. The lowest BCUT2D eigenvalue weighted by atomic mass is 10.2. The molecule has 0 saturated carbocycles. The molecule has 0 spiro atoms. The van der Waals surface area contributed by atoms with Gasteiger partial charge in [-0.15, -0.1) is 10.2 Å². The molecular formula is C16H10FN3O3S. The van der Waals surface area contributed by atoms with Gasteiger partial charge in [0.1, 0.15) is 10.8 Å². The monoisotopic (exact) mass is 343 g/mol. The minimum absolute atomic E-state index is 0.0441. The Morgan fingerprint density at radius 2 is 1.96 bits per heavy atom. The maximum atomic E-state index is 13.6. The van der Waals surface area contributed by atoms with E-state index in [0.29, 0.717) is 16.5 Å². The van der Waals surface area contributed by atoms with E-state index in [4.69, 9.17) is 9.47 Å². The number of hydrogen-bond acceptors (Lipinski definition) is 6. The quantitative estimate of drug-likeness (QED) is 0.790. The standard InChI is InChI=1S/C16H10FN3O3S/c17-11-4-2-1-3-10(11)14(21)18-16-20-19-15(24-16)9-5-6-12-13(7-9)23-8-22-12/h1-7H,8H2,(H,18,20,21). The first-order valence-electron chi connectivity index (χ1n) is 7.00. The van der Waals surface area contributed by atoms with Crippen LogP contribution in [0.2, 0.25) is 0 Å². The Morgan fingerprint density at radius 1 is 1.12 bits per heavy atom. The lowest BCUT2D eigenvalue weighted by molar-refractivity contribution is 0.102. The van der Waals surface area contributed by atoms with Crippen molar-refractivity contribution in [1.82, 2.24) is 10.2 Å². The van der Waals surface area contributed by atoms with E-state index < -0.39 is 11.7 Å². The zero-order chi connectivity index (χ0) is 16.5. The van der Waals surface area contributed by atoms with E-state index in [-0.39, 0.29) is 17.5 Å². The second-order valence-electron chi connectivity index (χ2n) is 4.91. The summed E-state index contributed by atoms with van der Waals surface area (Å²) in [6.45, 7) is 0.193. The molecule has 2 heterocycles. The molecule has 0 atom stereocenters. The third-order valence-electron chi connectivity index (χ3n) is 3.38. The second-order valence-corrected chi connectivity index (χ2v) is 5.89. The lowest BCUT2D eigenvalue weighted by Gasteiger charge is -2.01. The molecule has 8 heteroatoms. The van der Waals surface area contributed by atoms with Gasteiger partial charge in [0.15, 0.2) is 11.5 Å². The molecule has 24 heavy (non-hydrogen) atoms. The molecular weight excluding hydrogens is 333 g/mol. The van der Waals surface area contributed by atoms with Gasteiger partial charge in [0.25, 0.3) is 5.91 Å². The molecule has 0 unspecified atom stereocenters. The van der Waals surface area contributed by atoms with Gasteiger partial charge >= 0.3 is 0 Å². The van der Waals surface area contributed by atoms with Crippen LogP contribution in [0.3, 0.4) is 0 Å². The Morgan fingerprint density at radius 3 is 2.83 bits per heavy atom. The third-order valence-corrected chi connectivity index (χ3v) is 4.27. The van der Waals surface area contributed by atoms with Crippen molar-refractivity contribution in [1.29, 1.82) is 0 Å². The summed E-state index contributed by atoms with van der Waals surface area (Å²) in [5.74, 6) is 0.160. The number of nitrogens with one attached hydrogen (secondary N) is 1. The summed E-state index contributed by atoms with van der Waals surface area (Å²) < 4.78 is 24.2. The number of carbonyl (C=O) groups is 1. The van der Waals surface area contributed by atoms with Crippen LogP contribution < -0.4 is 14.8 Å². The van der Waals surface area contributed by atoms with E-state index >= 15 is 0 Å². The highest BCUT2D eigenvalue weighted by atomic mass is 32.1. The van der Waals surface area contributed by atoms with Gasteiger partial charge in [0.2, 0.25) is 11.9 Å². The molecule has 1 aliphatic rings. The fourth-order valence-electron chi connectivity index (χ4n) is 2.23. The van der Waals surface area contributed by atoms with E-state index in [9.17, 15) is 9.18 Å². The summed E-state index contributed by atoms with van der Waals surface area (Å²) in [7, 11) is 0. The number of hydrogen-bond donors (Lipinski definition) is 1. The van der Waals surface area contributed by atoms with Crippen LogP contribution in [0, 0.1) is 5.82 Å².